The second-order valence-electron chi connectivity index (χ2n) is 8.24. The highest BCUT2D eigenvalue weighted by atomic mass is 35.5. The number of nitrogens with one attached hydrogen (secondary N) is 3. The summed E-state index contributed by atoms with van der Waals surface area (Å²) >= 11 is 5.97. The molecule has 1 heterocycles. The predicted octanol–water partition coefficient (Wildman–Crippen LogP) is 5.11. The molecule has 1 saturated carbocycles. The van der Waals surface area contributed by atoms with Gasteiger partial charge in [0.05, 0.1) is 5.56 Å². The molecule has 1 saturated heterocycles. The maximum Gasteiger partial charge on any atom is 0.323 e. The van der Waals surface area contributed by atoms with Crippen molar-refractivity contribution in [1.82, 2.24) is 5.32 Å². The van der Waals surface area contributed by atoms with Crippen molar-refractivity contribution >= 4 is 40.6 Å². The van der Waals surface area contributed by atoms with E-state index in [0.29, 0.717) is 27.9 Å². The first-order valence-electron chi connectivity index (χ1n) is 10.5. The molecule has 1 aliphatic carbocycles. The van der Waals surface area contributed by atoms with Crippen LogP contribution in [0.25, 0.3) is 0 Å². The predicted molar refractivity (Wildman–Crippen MR) is 122 cm³/mol. The first-order chi connectivity index (χ1) is 14.5. The maximum atomic E-state index is 12.9. The first-order valence-corrected chi connectivity index (χ1v) is 10.9. The van der Waals surface area contributed by atoms with E-state index < -0.39 is 0 Å². The number of amides is 3. The molecule has 4 rings (SSSR count). The van der Waals surface area contributed by atoms with E-state index in [1.807, 2.05) is 12.1 Å². The Morgan fingerprint density at radius 3 is 2.33 bits per heavy atom. The number of carbonyl (C=O) groups is 2. The van der Waals surface area contributed by atoms with Crippen LogP contribution in [0.3, 0.4) is 0 Å². The van der Waals surface area contributed by atoms with Crippen molar-refractivity contribution in [2.24, 2.45) is 5.92 Å². The van der Waals surface area contributed by atoms with E-state index in [4.69, 9.17) is 11.6 Å². The minimum Gasteiger partial charge on any atom is -0.371 e. The van der Waals surface area contributed by atoms with Gasteiger partial charge in [0.15, 0.2) is 0 Å². The summed E-state index contributed by atoms with van der Waals surface area (Å²) in [7, 11) is 0. The van der Waals surface area contributed by atoms with Gasteiger partial charge in [0.1, 0.15) is 0 Å². The molecule has 2 aliphatic rings. The lowest BCUT2D eigenvalue weighted by molar-refractivity contribution is 0.0951. The molecule has 0 spiro atoms. The van der Waals surface area contributed by atoms with Gasteiger partial charge >= 0.3 is 6.03 Å². The van der Waals surface area contributed by atoms with Gasteiger partial charge in [0.25, 0.3) is 5.91 Å². The number of hydrogen-bond donors (Lipinski definition) is 3. The lowest BCUT2D eigenvalue weighted by Crippen LogP contribution is -2.35. The minimum atomic E-state index is -0.384. The van der Waals surface area contributed by atoms with E-state index >= 15 is 0 Å². The maximum absolute atomic E-state index is 12.9. The minimum absolute atomic E-state index is 0.0787. The quantitative estimate of drug-likeness (QED) is 0.621. The summed E-state index contributed by atoms with van der Waals surface area (Å²) in [6.45, 7) is 4.14. The zero-order valence-electron chi connectivity index (χ0n) is 17.1. The van der Waals surface area contributed by atoms with Gasteiger partial charge in [0.2, 0.25) is 0 Å². The molecule has 1 aliphatic heterocycles. The Hall–Kier alpha value is -2.73. The van der Waals surface area contributed by atoms with E-state index in [-0.39, 0.29) is 18.0 Å². The van der Waals surface area contributed by atoms with Gasteiger partial charge in [-0.2, -0.15) is 0 Å². The highest BCUT2D eigenvalue weighted by Gasteiger charge is 2.27. The number of rotatable bonds is 5. The molecule has 7 heteroatoms. The SMILES string of the molecule is CC1CCN(c2ccc(NC(=O)Nc3cccc(Cl)c3)cc2C(=O)NC2CC2)CC1. The highest BCUT2D eigenvalue weighted by Crippen LogP contribution is 2.30. The molecule has 0 aromatic heterocycles. The molecular weight excluding hydrogens is 400 g/mol. The number of nitrogens with zero attached hydrogens (tertiary/aromatic N) is 1. The molecule has 2 aromatic carbocycles. The average Bonchev–Trinajstić information content (AvgIpc) is 3.52. The van der Waals surface area contributed by atoms with Gasteiger partial charge < -0.3 is 20.9 Å². The van der Waals surface area contributed by atoms with Crippen LogP contribution in [-0.2, 0) is 0 Å². The van der Waals surface area contributed by atoms with Crippen LogP contribution in [0.4, 0.5) is 21.9 Å². The summed E-state index contributed by atoms with van der Waals surface area (Å²) < 4.78 is 0. The third-order valence-corrected chi connectivity index (χ3v) is 5.85. The van der Waals surface area contributed by atoms with E-state index in [1.165, 1.54) is 0 Å². The Labute approximate surface area is 182 Å². The number of urea groups is 1. The summed E-state index contributed by atoms with van der Waals surface area (Å²) in [5, 5.41) is 9.20. The molecule has 6 nitrogen and oxygen atoms in total. The summed E-state index contributed by atoms with van der Waals surface area (Å²) in [6.07, 6.45) is 4.29. The molecule has 0 unspecified atom stereocenters. The molecular formula is C23H27ClN4O2. The summed E-state index contributed by atoms with van der Waals surface area (Å²) in [6, 6.07) is 12.4. The second-order valence-corrected chi connectivity index (χ2v) is 8.68. The lowest BCUT2D eigenvalue weighted by atomic mass is 9.98. The van der Waals surface area contributed by atoms with Crippen molar-refractivity contribution in [3.63, 3.8) is 0 Å². The number of benzene rings is 2. The molecule has 158 valence electrons. The lowest BCUT2D eigenvalue weighted by Gasteiger charge is -2.33. The highest BCUT2D eigenvalue weighted by molar-refractivity contribution is 6.30. The van der Waals surface area contributed by atoms with Gasteiger partial charge in [-0.3, -0.25) is 4.79 Å². The molecule has 30 heavy (non-hydrogen) atoms. The van der Waals surface area contributed by atoms with Crippen LogP contribution < -0.4 is 20.9 Å². The number of piperidine rings is 1. The van der Waals surface area contributed by atoms with E-state index in [9.17, 15) is 9.59 Å². The fraction of sp³-hybridized carbons (Fsp3) is 0.391. The number of hydrogen-bond acceptors (Lipinski definition) is 3. The molecule has 3 amide bonds. The van der Waals surface area contributed by atoms with Gasteiger partial charge in [-0.15, -0.1) is 0 Å². The third-order valence-electron chi connectivity index (χ3n) is 5.62. The van der Waals surface area contributed by atoms with Crippen LogP contribution >= 0.6 is 11.6 Å². The fourth-order valence-corrected chi connectivity index (χ4v) is 3.86. The number of carbonyl (C=O) groups excluding carboxylic acids is 2. The van der Waals surface area contributed by atoms with Crippen molar-refractivity contribution in [3.05, 3.63) is 53.1 Å². The van der Waals surface area contributed by atoms with Crippen molar-refractivity contribution in [2.45, 2.75) is 38.6 Å². The number of anilines is 3. The van der Waals surface area contributed by atoms with E-state index in [0.717, 1.165) is 44.5 Å². The van der Waals surface area contributed by atoms with Crippen molar-refractivity contribution < 1.29 is 9.59 Å². The molecule has 0 atom stereocenters. The Morgan fingerprint density at radius 1 is 0.967 bits per heavy atom. The van der Waals surface area contributed by atoms with E-state index in [1.54, 1.807) is 30.3 Å². The summed E-state index contributed by atoms with van der Waals surface area (Å²) in [5.74, 6) is 0.631. The van der Waals surface area contributed by atoms with Crippen LogP contribution in [0.15, 0.2) is 42.5 Å². The smallest absolute Gasteiger partial charge is 0.323 e. The molecule has 2 aromatic rings. The van der Waals surface area contributed by atoms with Crippen molar-refractivity contribution in [3.8, 4) is 0 Å². The summed E-state index contributed by atoms with van der Waals surface area (Å²) in [5.41, 5.74) is 2.72. The van der Waals surface area contributed by atoms with Gasteiger partial charge in [-0.1, -0.05) is 24.6 Å². The Bertz CT molecular complexity index is 937. The van der Waals surface area contributed by atoms with Gasteiger partial charge in [0, 0.05) is 41.2 Å². The standard InChI is InChI=1S/C23H27ClN4O2/c1-15-9-11-28(12-10-15)21-8-7-19(14-20(21)22(29)25-17-5-6-17)27-23(30)26-18-4-2-3-16(24)13-18/h2-4,7-8,13-15,17H,5-6,9-12H2,1H3,(H,25,29)(H2,26,27,30). The first kappa shape index (κ1) is 20.5. The van der Waals surface area contributed by atoms with Gasteiger partial charge in [-0.05, 0) is 68.0 Å². The normalized spacial score (nSPS) is 16.8. The Morgan fingerprint density at radius 2 is 1.67 bits per heavy atom. The third kappa shape index (κ3) is 5.25. The average molecular weight is 427 g/mol. The zero-order valence-corrected chi connectivity index (χ0v) is 17.8. The van der Waals surface area contributed by atoms with Crippen LogP contribution in [0, 0.1) is 5.92 Å². The van der Waals surface area contributed by atoms with Gasteiger partial charge in [-0.25, -0.2) is 4.79 Å². The molecule has 3 N–H and O–H groups in total. The Kier molecular flexibility index (Phi) is 6.13. The van der Waals surface area contributed by atoms with Crippen molar-refractivity contribution in [1.29, 1.82) is 0 Å². The van der Waals surface area contributed by atoms with Crippen LogP contribution in [0.2, 0.25) is 5.02 Å². The Balaban J connectivity index is 1.51. The second kappa shape index (κ2) is 8.96. The van der Waals surface area contributed by atoms with Crippen LogP contribution in [0.5, 0.6) is 0 Å². The van der Waals surface area contributed by atoms with Crippen molar-refractivity contribution in [2.75, 3.05) is 28.6 Å². The molecule has 2 fully saturated rings. The largest absolute Gasteiger partial charge is 0.371 e. The zero-order chi connectivity index (χ0) is 21.1. The summed E-state index contributed by atoms with van der Waals surface area (Å²) in [4.78, 5) is 27.6. The molecule has 0 bridgehead atoms. The fourth-order valence-electron chi connectivity index (χ4n) is 3.67. The topological polar surface area (TPSA) is 73.5 Å². The van der Waals surface area contributed by atoms with Crippen LogP contribution in [0.1, 0.15) is 43.0 Å². The van der Waals surface area contributed by atoms with Crippen LogP contribution in [-0.4, -0.2) is 31.1 Å². The monoisotopic (exact) mass is 426 g/mol. The molecule has 0 radical (unpaired) electrons. The van der Waals surface area contributed by atoms with E-state index in [2.05, 4.69) is 27.8 Å². The number of halogens is 1.